The highest BCUT2D eigenvalue weighted by Crippen LogP contribution is 2.19. The highest BCUT2D eigenvalue weighted by atomic mass is 16.5. The largest absolute Gasteiger partial charge is 0.484 e. The summed E-state index contributed by atoms with van der Waals surface area (Å²) in [5.74, 6) is 1.56. The van der Waals surface area contributed by atoms with Gasteiger partial charge in [0.2, 0.25) is 0 Å². The number of hydrogen-bond acceptors (Lipinski definition) is 6. The summed E-state index contributed by atoms with van der Waals surface area (Å²) in [7, 11) is 3.88. The minimum absolute atomic E-state index is 0.0188. The zero-order valence-electron chi connectivity index (χ0n) is 14.6. The molecule has 0 atom stereocenters. The Morgan fingerprint density at radius 3 is 2.56 bits per heavy atom. The van der Waals surface area contributed by atoms with E-state index >= 15 is 0 Å². The Hall–Kier alpha value is -2.83. The van der Waals surface area contributed by atoms with Crippen LogP contribution in [0.1, 0.15) is 0 Å². The number of para-hydroxylation sites is 1. The molecule has 25 heavy (non-hydrogen) atoms. The maximum absolute atomic E-state index is 12.3. The molecule has 0 unspecified atom stereocenters. The minimum atomic E-state index is 0.0188. The van der Waals surface area contributed by atoms with E-state index in [2.05, 4.69) is 15.1 Å². The van der Waals surface area contributed by atoms with E-state index in [0.29, 0.717) is 18.8 Å². The van der Waals surface area contributed by atoms with Crippen molar-refractivity contribution in [3.8, 4) is 5.75 Å². The second-order valence-electron chi connectivity index (χ2n) is 6.14. The zero-order valence-corrected chi connectivity index (χ0v) is 14.6. The Balaban J connectivity index is 1.51. The molecule has 1 aromatic carbocycles. The van der Waals surface area contributed by atoms with Crippen molar-refractivity contribution in [3.05, 3.63) is 42.6 Å². The highest BCUT2D eigenvalue weighted by molar-refractivity contribution is 5.78. The molecule has 1 aromatic heterocycles. The van der Waals surface area contributed by atoms with Crippen molar-refractivity contribution >= 4 is 17.4 Å². The number of amides is 1. The number of carbonyl (C=O) groups is 1. The van der Waals surface area contributed by atoms with Gasteiger partial charge in [0, 0.05) is 46.3 Å². The smallest absolute Gasteiger partial charge is 0.260 e. The van der Waals surface area contributed by atoms with Crippen LogP contribution >= 0.6 is 0 Å². The molecule has 2 aromatic rings. The third-order valence-corrected chi connectivity index (χ3v) is 4.19. The van der Waals surface area contributed by atoms with E-state index < -0.39 is 0 Å². The van der Waals surface area contributed by atoms with Crippen LogP contribution < -0.4 is 14.5 Å². The number of rotatable bonds is 5. The number of ether oxygens (including phenoxy) is 1. The Morgan fingerprint density at radius 2 is 1.88 bits per heavy atom. The normalized spacial score (nSPS) is 14.3. The van der Waals surface area contributed by atoms with Crippen LogP contribution in [0.2, 0.25) is 0 Å². The van der Waals surface area contributed by atoms with E-state index in [-0.39, 0.29) is 12.5 Å². The Labute approximate surface area is 147 Å². The number of piperazine rings is 1. The second kappa shape index (κ2) is 7.83. The predicted molar refractivity (Wildman–Crippen MR) is 97.1 cm³/mol. The molecule has 0 aliphatic carbocycles. The van der Waals surface area contributed by atoms with Gasteiger partial charge in [-0.25, -0.2) is 0 Å². The van der Waals surface area contributed by atoms with Crippen molar-refractivity contribution in [1.29, 1.82) is 0 Å². The summed E-state index contributed by atoms with van der Waals surface area (Å²) in [6.07, 6.45) is 1.77. The molecule has 132 valence electrons. The molecule has 2 heterocycles. The van der Waals surface area contributed by atoms with Gasteiger partial charge in [0.05, 0.1) is 11.9 Å². The first kappa shape index (κ1) is 17.0. The van der Waals surface area contributed by atoms with Gasteiger partial charge in [-0.05, 0) is 12.1 Å². The number of aromatic nitrogens is 2. The van der Waals surface area contributed by atoms with Crippen LogP contribution in [0, 0.1) is 0 Å². The SMILES string of the molecule is CN(C)c1cc(N2CCN(C(=O)COc3ccccc3)CC2)cnn1. The molecule has 0 bridgehead atoms. The summed E-state index contributed by atoms with van der Waals surface area (Å²) in [5, 5.41) is 8.16. The Bertz CT molecular complexity index is 700. The van der Waals surface area contributed by atoms with Gasteiger partial charge in [0.25, 0.3) is 5.91 Å². The van der Waals surface area contributed by atoms with E-state index in [9.17, 15) is 4.79 Å². The van der Waals surface area contributed by atoms with Gasteiger partial charge < -0.3 is 19.4 Å². The summed E-state index contributed by atoms with van der Waals surface area (Å²) in [4.78, 5) is 18.3. The predicted octanol–water partition coefficient (Wildman–Crippen LogP) is 1.27. The van der Waals surface area contributed by atoms with Gasteiger partial charge in [0.15, 0.2) is 12.4 Å². The third kappa shape index (κ3) is 4.37. The van der Waals surface area contributed by atoms with Crippen molar-refractivity contribution in [2.45, 2.75) is 0 Å². The topological polar surface area (TPSA) is 61.8 Å². The fourth-order valence-electron chi connectivity index (χ4n) is 2.70. The molecule has 7 heteroatoms. The minimum Gasteiger partial charge on any atom is -0.484 e. The molecule has 1 aliphatic heterocycles. The first-order valence-corrected chi connectivity index (χ1v) is 8.34. The van der Waals surface area contributed by atoms with Crippen molar-refractivity contribution in [2.24, 2.45) is 0 Å². The van der Waals surface area contributed by atoms with Crippen LogP contribution in [0.5, 0.6) is 5.75 Å². The number of nitrogens with zero attached hydrogens (tertiary/aromatic N) is 5. The number of carbonyl (C=O) groups excluding carboxylic acids is 1. The van der Waals surface area contributed by atoms with Gasteiger partial charge in [-0.15, -0.1) is 5.10 Å². The van der Waals surface area contributed by atoms with Gasteiger partial charge >= 0.3 is 0 Å². The van der Waals surface area contributed by atoms with E-state index in [0.717, 1.165) is 24.6 Å². The fourth-order valence-corrected chi connectivity index (χ4v) is 2.70. The molecule has 1 aliphatic rings. The lowest BCUT2D eigenvalue weighted by Gasteiger charge is -2.36. The lowest BCUT2D eigenvalue weighted by atomic mass is 10.2. The van der Waals surface area contributed by atoms with Crippen molar-refractivity contribution < 1.29 is 9.53 Å². The Kier molecular flexibility index (Phi) is 5.33. The molecule has 7 nitrogen and oxygen atoms in total. The van der Waals surface area contributed by atoms with Crippen LogP contribution in [0.3, 0.4) is 0 Å². The molecule has 0 radical (unpaired) electrons. The molecular weight excluding hydrogens is 318 g/mol. The zero-order chi connectivity index (χ0) is 17.6. The van der Waals surface area contributed by atoms with Crippen LogP contribution in [-0.2, 0) is 4.79 Å². The molecule has 3 rings (SSSR count). The fraction of sp³-hybridized carbons (Fsp3) is 0.389. The van der Waals surface area contributed by atoms with Gasteiger partial charge in [-0.2, -0.15) is 5.10 Å². The first-order chi connectivity index (χ1) is 12.1. The molecular formula is C18H23N5O2. The summed E-state index contributed by atoms with van der Waals surface area (Å²) in [6.45, 7) is 2.98. The van der Waals surface area contributed by atoms with Gasteiger partial charge in [-0.1, -0.05) is 18.2 Å². The lowest BCUT2D eigenvalue weighted by Crippen LogP contribution is -2.50. The van der Waals surface area contributed by atoms with E-state index in [4.69, 9.17) is 4.74 Å². The van der Waals surface area contributed by atoms with Crippen molar-refractivity contribution in [3.63, 3.8) is 0 Å². The average molecular weight is 341 g/mol. The summed E-state index contributed by atoms with van der Waals surface area (Å²) < 4.78 is 5.55. The maximum Gasteiger partial charge on any atom is 0.260 e. The highest BCUT2D eigenvalue weighted by Gasteiger charge is 2.22. The lowest BCUT2D eigenvalue weighted by molar-refractivity contribution is -0.133. The van der Waals surface area contributed by atoms with Crippen LogP contribution in [-0.4, -0.2) is 67.9 Å². The monoisotopic (exact) mass is 341 g/mol. The Morgan fingerprint density at radius 1 is 1.16 bits per heavy atom. The standard InChI is InChI=1S/C18H23N5O2/c1-21(2)17-12-15(13-19-20-17)22-8-10-23(11-9-22)18(24)14-25-16-6-4-3-5-7-16/h3-7,12-13H,8-11,14H2,1-2H3. The molecule has 0 N–H and O–H groups in total. The molecule has 0 saturated carbocycles. The summed E-state index contributed by atoms with van der Waals surface area (Å²) >= 11 is 0. The third-order valence-electron chi connectivity index (χ3n) is 4.19. The van der Waals surface area contributed by atoms with Gasteiger partial charge in [-0.3, -0.25) is 4.79 Å². The molecule has 1 saturated heterocycles. The van der Waals surface area contributed by atoms with E-state index in [1.807, 2.05) is 60.3 Å². The number of hydrogen-bond donors (Lipinski definition) is 0. The number of benzene rings is 1. The molecule has 1 fully saturated rings. The van der Waals surface area contributed by atoms with Crippen LogP contribution in [0.4, 0.5) is 11.5 Å². The molecule has 1 amide bonds. The molecule has 0 spiro atoms. The summed E-state index contributed by atoms with van der Waals surface area (Å²) in [5.41, 5.74) is 1.03. The van der Waals surface area contributed by atoms with Crippen molar-refractivity contribution in [2.75, 3.05) is 56.7 Å². The van der Waals surface area contributed by atoms with Gasteiger partial charge in [0.1, 0.15) is 5.75 Å². The number of anilines is 2. The van der Waals surface area contributed by atoms with E-state index in [1.54, 1.807) is 6.20 Å². The average Bonchev–Trinajstić information content (AvgIpc) is 2.67. The summed E-state index contributed by atoms with van der Waals surface area (Å²) in [6, 6.07) is 11.4. The second-order valence-corrected chi connectivity index (χ2v) is 6.14. The van der Waals surface area contributed by atoms with Crippen LogP contribution in [0.15, 0.2) is 42.6 Å². The van der Waals surface area contributed by atoms with Crippen LogP contribution in [0.25, 0.3) is 0 Å². The maximum atomic E-state index is 12.3. The quantitative estimate of drug-likeness (QED) is 0.816. The van der Waals surface area contributed by atoms with Crippen molar-refractivity contribution in [1.82, 2.24) is 15.1 Å². The first-order valence-electron chi connectivity index (χ1n) is 8.34. The van der Waals surface area contributed by atoms with E-state index in [1.165, 1.54) is 0 Å².